The maximum atomic E-state index is 5.75. The van der Waals surface area contributed by atoms with E-state index in [0.717, 1.165) is 24.5 Å². The van der Waals surface area contributed by atoms with Gasteiger partial charge >= 0.3 is 0 Å². The summed E-state index contributed by atoms with van der Waals surface area (Å²) < 4.78 is 5.55. The van der Waals surface area contributed by atoms with Gasteiger partial charge in [-0.2, -0.15) is 0 Å². The van der Waals surface area contributed by atoms with E-state index in [1.54, 1.807) is 0 Å². The van der Waals surface area contributed by atoms with E-state index < -0.39 is 0 Å². The molecule has 21 heavy (non-hydrogen) atoms. The molecule has 4 heteroatoms. The van der Waals surface area contributed by atoms with Gasteiger partial charge in [-0.3, -0.25) is 11.3 Å². The van der Waals surface area contributed by atoms with E-state index in [2.05, 4.69) is 54.8 Å². The number of fused-ring (bicyclic) bond motifs is 1. The number of aryl methyl sites for hydroxylation is 1. The zero-order chi connectivity index (χ0) is 14.7. The molecular formula is C17H20N2OS. The van der Waals surface area contributed by atoms with Crippen molar-refractivity contribution in [3.05, 3.63) is 59.2 Å². The summed E-state index contributed by atoms with van der Waals surface area (Å²) in [4.78, 5) is 1.28. The molecule has 0 aromatic heterocycles. The zero-order valence-corrected chi connectivity index (χ0v) is 13.0. The molecule has 2 aromatic rings. The predicted octanol–water partition coefficient (Wildman–Crippen LogP) is 3.23. The number of ether oxygens (including phenoxy) is 1. The lowest BCUT2D eigenvalue weighted by Crippen LogP contribution is -2.29. The fourth-order valence-corrected chi connectivity index (χ4v) is 3.64. The van der Waals surface area contributed by atoms with Crippen LogP contribution in [0.25, 0.3) is 0 Å². The molecule has 1 unspecified atom stereocenters. The molecule has 1 atom stereocenters. The Morgan fingerprint density at radius 3 is 3.00 bits per heavy atom. The summed E-state index contributed by atoms with van der Waals surface area (Å²) >= 11 is 1.82. The van der Waals surface area contributed by atoms with Gasteiger partial charge in [0.25, 0.3) is 0 Å². The first-order valence-electron chi connectivity index (χ1n) is 7.17. The molecule has 0 aliphatic carbocycles. The quantitative estimate of drug-likeness (QED) is 0.505. The van der Waals surface area contributed by atoms with Crippen molar-refractivity contribution in [2.45, 2.75) is 24.3 Å². The third kappa shape index (κ3) is 3.40. The lowest BCUT2D eigenvalue weighted by atomic mass is 10.0. The molecule has 0 radical (unpaired) electrons. The topological polar surface area (TPSA) is 47.3 Å². The number of rotatable bonds is 5. The maximum absolute atomic E-state index is 5.75. The normalized spacial score (nSPS) is 14.6. The number of nitrogens with one attached hydrogen (secondary N) is 1. The van der Waals surface area contributed by atoms with Gasteiger partial charge < -0.3 is 4.74 Å². The average Bonchev–Trinajstić information content (AvgIpc) is 2.95. The molecule has 0 bridgehead atoms. The van der Waals surface area contributed by atoms with E-state index >= 15 is 0 Å². The van der Waals surface area contributed by atoms with Crippen molar-refractivity contribution in [2.75, 3.05) is 12.4 Å². The summed E-state index contributed by atoms with van der Waals surface area (Å²) in [5.41, 5.74) is 6.73. The fraction of sp³-hybridized carbons (Fsp3) is 0.294. The summed E-state index contributed by atoms with van der Waals surface area (Å²) in [6.07, 6.45) is 0.992. The van der Waals surface area contributed by atoms with Crippen LogP contribution in [0.4, 0.5) is 0 Å². The minimum Gasteiger partial charge on any atom is -0.493 e. The SMILES string of the molecule is Cc1cccc(SCC(NN)c2ccc3c(c2)CCO3)c1. The van der Waals surface area contributed by atoms with E-state index in [4.69, 9.17) is 10.6 Å². The minimum atomic E-state index is 0.140. The lowest BCUT2D eigenvalue weighted by molar-refractivity contribution is 0.356. The number of hydrazine groups is 1. The Bertz CT molecular complexity index is 630. The van der Waals surface area contributed by atoms with Crippen LogP contribution in [0, 0.1) is 6.92 Å². The third-order valence-corrected chi connectivity index (χ3v) is 4.81. The Kier molecular flexibility index (Phi) is 4.48. The largest absolute Gasteiger partial charge is 0.493 e. The van der Waals surface area contributed by atoms with Crippen molar-refractivity contribution in [1.29, 1.82) is 0 Å². The molecule has 1 aliphatic heterocycles. The molecular weight excluding hydrogens is 280 g/mol. The van der Waals surface area contributed by atoms with Crippen LogP contribution in [0.1, 0.15) is 22.7 Å². The number of benzene rings is 2. The summed E-state index contributed by atoms with van der Waals surface area (Å²) in [6.45, 7) is 2.90. The van der Waals surface area contributed by atoms with Crippen molar-refractivity contribution in [3.63, 3.8) is 0 Å². The van der Waals surface area contributed by atoms with E-state index in [1.165, 1.54) is 21.6 Å². The molecule has 2 aromatic carbocycles. The Hall–Kier alpha value is -1.49. The van der Waals surface area contributed by atoms with Crippen LogP contribution in [0.2, 0.25) is 0 Å². The highest BCUT2D eigenvalue weighted by Crippen LogP contribution is 2.30. The number of nitrogens with two attached hydrogens (primary N) is 1. The van der Waals surface area contributed by atoms with Crippen molar-refractivity contribution in [2.24, 2.45) is 5.84 Å². The Labute approximate surface area is 129 Å². The second-order valence-electron chi connectivity index (χ2n) is 5.31. The van der Waals surface area contributed by atoms with Gasteiger partial charge in [-0.1, -0.05) is 29.8 Å². The molecule has 0 fully saturated rings. The van der Waals surface area contributed by atoms with Crippen LogP contribution in [-0.2, 0) is 6.42 Å². The van der Waals surface area contributed by atoms with Crippen LogP contribution < -0.4 is 16.0 Å². The smallest absolute Gasteiger partial charge is 0.122 e. The van der Waals surface area contributed by atoms with Gasteiger partial charge in [0.15, 0.2) is 0 Å². The van der Waals surface area contributed by atoms with Gasteiger partial charge in [0.1, 0.15) is 5.75 Å². The van der Waals surface area contributed by atoms with Crippen LogP contribution in [0.5, 0.6) is 5.75 Å². The molecule has 0 spiro atoms. The van der Waals surface area contributed by atoms with Crippen LogP contribution in [0.3, 0.4) is 0 Å². The minimum absolute atomic E-state index is 0.140. The third-order valence-electron chi connectivity index (χ3n) is 3.72. The van der Waals surface area contributed by atoms with E-state index in [9.17, 15) is 0 Å². The number of thioether (sulfide) groups is 1. The summed E-state index contributed by atoms with van der Waals surface area (Å²) in [7, 11) is 0. The average molecular weight is 300 g/mol. The van der Waals surface area contributed by atoms with Gasteiger partial charge in [-0.05, 0) is 36.2 Å². The van der Waals surface area contributed by atoms with Crippen molar-refractivity contribution in [1.82, 2.24) is 5.43 Å². The first-order chi connectivity index (χ1) is 10.3. The van der Waals surface area contributed by atoms with Crippen molar-refractivity contribution < 1.29 is 4.74 Å². The van der Waals surface area contributed by atoms with Gasteiger partial charge in [-0.25, -0.2) is 0 Å². The molecule has 3 nitrogen and oxygen atoms in total. The zero-order valence-electron chi connectivity index (χ0n) is 12.1. The second kappa shape index (κ2) is 6.52. The van der Waals surface area contributed by atoms with Gasteiger partial charge in [0.2, 0.25) is 0 Å². The molecule has 3 N–H and O–H groups in total. The second-order valence-corrected chi connectivity index (χ2v) is 6.41. The van der Waals surface area contributed by atoms with Crippen LogP contribution in [0.15, 0.2) is 47.4 Å². The molecule has 3 rings (SSSR count). The number of hydrogen-bond acceptors (Lipinski definition) is 4. The molecule has 1 heterocycles. The first-order valence-corrected chi connectivity index (χ1v) is 8.16. The predicted molar refractivity (Wildman–Crippen MR) is 87.6 cm³/mol. The summed E-state index contributed by atoms with van der Waals surface area (Å²) in [6, 6.07) is 15.1. The van der Waals surface area contributed by atoms with E-state index in [0.29, 0.717) is 0 Å². The van der Waals surface area contributed by atoms with Gasteiger partial charge in [-0.15, -0.1) is 11.8 Å². The van der Waals surface area contributed by atoms with E-state index in [1.807, 2.05) is 11.8 Å². The standard InChI is InChI=1S/C17H20N2OS/c1-12-3-2-4-15(9-12)21-11-16(19-18)13-5-6-17-14(10-13)7-8-20-17/h2-6,9-10,16,19H,7-8,11,18H2,1H3. The highest BCUT2D eigenvalue weighted by molar-refractivity contribution is 7.99. The van der Waals surface area contributed by atoms with Crippen molar-refractivity contribution in [3.8, 4) is 5.75 Å². The lowest BCUT2D eigenvalue weighted by Gasteiger charge is -2.17. The molecule has 0 saturated heterocycles. The Balaban J connectivity index is 1.70. The molecule has 0 amide bonds. The highest BCUT2D eigenvalue weighted by Gasteiger charge is 2.16. The van der Waals surface area contributed by atoms with E-state index in [-0.39, 0.29) is 6.04 Å². The molecule has 0 saturated carbocycles. The monoisotopic (exact) mass is 300 g/mol. The van der Waals surface area contributed by atoms with Crippen molar-refractivity contribution >= 4 is 11.8 Å². The summed E-state index contributed by atoms with van der Waals surface area (Å²) in [5.74, 6) is 7.67. The fourth-order valence-electron chi connectivity index (χ4n) is 2.55. The summed E-state index contributed by atoms with van der Waals surface area (Å²) in [5, 5.41) is 0. The van der Waals surface area contributed by atoms with Crippen LogP contribution >= 0.6 is 11.8 Å². The van der Waals surface area contributed by atoms with Gasteiger partial charge in [0, 0.05) is 17.1 Å². The van der Waals surface area contributed by atoms with Crippen LogP contribution in [-0.4, -0.2) is 12.4 Å². The highest BCUT2D eigenvalue weighted by atomic mass is 32.2. The number of hydrogen-bond donors (Lipinski definition) is 2. The Morgan fingerprint density at radius 1 is 1.29 bits per heavy atom. The first kappa shape index (κ1) is 14.4. The Morgan fingerprint density at radius 2 is 2.19 bits per heavy atom. The van der Waals surface area contributed by atoms with Gasteiger partial charge in [0.05, 0.1) is 12.6 Å². The molecule has 1 aliphatic rings. The maximum Gasteiger partial charge on any atom is 0.122 e. The molecule has 110 valence electrons.